The van der Waals surface area contributed by atoms with Crippen LogP contribution in [0.5, 0.6) is 0 Å². The molecule has 0 saturated carbocycles. The Morgan fingerprint density at radius 1 is 0.421 bits per heavy atom. The third kappa shape index (κ3) is 59.1. The Hall–Kier alpha value is -4.11. The molecule has 0 rings (SSSR count). The van der Waals surface area contributed by atoms with E-state index in [9.17, 15) is 19.0 Å². The van der Waals surface area contributed by atoms with Crippen LogP contribution in [0.15, 0.2) is 146 Å². The van der Waals surface area contributed by atoms with Crippen LogP contribution in [0.3, 0.4) is 0 Å². The van der Waals surface area contributed by atoms with Gasteiger partial charge >= 0.3 is 19.8 Å². The van der Waals surface area contributed by atoms with Gasteiger partial charge in [0.1, 0.15) is 19.8 Å². The van der Waals surface area contributed by atoms with Crippen LogP contribution in [0, 0.1) is 0 Å². The van der Waals surface area contributed by atoms with Crippen LogP contribution in [0.1, 0.15) is 206 Å². The topological polar surface area (TPSA) is 108 Å². The largest absolute Gasteiger partial charge is 0.472 e. The van der Waals surface area contributed by atoms with Crippen molar-refractivity contribution in [3.8, 4) is 0 Å². The number of carbonyl (C=O) groups excluding carboxylic acids is 2. The van der Waals surface area contributed by atoms with E-state index in [0.717, 1.165) is 116 Å². The fraction of sp³-hybridized carbons (Fsp3) is 0.606. The third-order valence-corrected chi connectivity index (χ3v) is 12.8. The van der Waals surface area contributed by atoms with Gasteiger partial charge in [-0.2, -0.15) is 0 Å². The number of unbranched alkanes of at least 4 members (excludes halogenated alkanes) is 14. The lowest BCUT2D eigenvalue weighted by Gasteiger charge is -2.24. The zero-order valence-electron chi connectivity index (χ0n) is 48.7. The van der Waals surface area contributed by atoms with Gasteiger partial charge in [-0.3, -0.25) is 18.6 Å². The van der Waals surface area contributed by atoms with E-state index in [4.69, 9.17) is 18.5 Å². The molecular weight excluding hydrogens is 966 g/mol. The first kappa shape index (κ1) is 71.9. The number of phosphoric acid groups is 1. The fourth-order valence-corrected chi connectivity index (χ4v) is 8.05. The first-order valence-electron chi connectivity index (χ1n) is 29.6. The van der Waals surface area contributed by atoms with Crippen LogP contribution >= 0.6 is 7.82 Å². The van der Waals surface area contributed by atoms with Gasteiger partial charge in [0.25, 0.3) is 0 Å². The average molecular weight is 1080 g/mol. The number of phosphoric ester groups is 1. The predicted octanol–water partition coefficient (Wildman–Crippen LogP) is 18.7. The highest BCUT2D eigenvalue weighted by atomic mass is 31.2. The van der Waals surface area contributed by atoms with Gasteiger partial charge in [-0.1, -0.05) is 217 Å². The second kappa shape index (κ2) is 55.6. The van der Waals surface area contributed by atoms with E-state index in [-0.39, 0.29) is 32.0 Å². The molecule has 0 saturated heterocycles. The molecule has 10 heteroatoms. The zero-order valence-corrected chi connectivity index (χ0v) is 49.6. The summed E-state index contributed by atoms with van der Waals surface area (Å²) in [7, 11) is 1.42. The molecule has 0 aromatic rings. The van der Waals surface area contributed by atoms with Crippen LogP contribution in [0.4, 0.5) is 0 Å². The van der Waals surface area contributed by atoms with Crippen molar-refractivity contribution in [3.05, 3.63) is 146 Å². The van der Waals surface area contributed by atoms with Gasteiger partial charge in [-0.05, 0) is 122 Å². The Bertz CT molecular complexity index is 1790. The average Bonchev–Trinajstić information content (AvgIpc) is 3.38. The molecule has 0 radical (unpaired) electrons. The van der Waals surface area contributed by atoms with E-state index in [1.807, 2.05) is 21.1 Å². The molecule has 0 fully saturated rings. The van der Waals surface area contributed by atoms with Gasteiger partial charge < -0.3 is 18.9 Å². The molecular formula is C66H109NO8P+. The summed E-state index contributed by atoms with van der Waals surface area (Å²) in [5.41, 5.74) is 0. The number of hydrogen-bond acceptors (Lipinski definition) is 7. The first-order chi connectivity index (χ1) is 37.0. The molecule has 1 N–H and O–H groups in total. The highest BCUT2D eigenvalue weighted by Crippen LogP contribution is 2.43. The number of allylic oxidation sites excluding steroid dienone is 24. The van der Waals surface area contributed by atoms with Crippen molar-refractivity contribution in [2.75, 3.05) is 47.5 Å². The molecule has 0 aromatic heterocycles. The Morgan fingerprint density at radius 3 is 1.14 bits per heavy atom. The summed E-state index contributed by atoms with van der Waals surface area (Å²) in [6.07, 6.45) is 82.0. The number of quaternary nitrogens is 1. The summed E-state index contributed by atoms with van der Waals surface area (Å²) in [5.74, 6) is -0.865. The first-order valence-corrected chi connectivity index (χ1v) is 31.1. The lowest BCUT2D eigenvalue weighted by atomic mass is 10.1. The molecule has 76 heavy (non-hydrogen) atoms. The summed E-state index contributed by atoms with van der Waals surface area (Å²) in [5, 5.41) is 0. The van der Waals surface area contributed by atoms with E-state index in [0.29, 0.717) is 17.4 Å². The second-order valence-electron chi connectivity index (χ2n) is 20.3. The molecule has 430 valence electrons. The third-order valence-electron chi connectivity index (χ3n) is 11.9. The van der Waals surface area contributed by atoms with Crippen LogP contribution in [0.25, 0.3) is 0 Å². The molecule has 0 amide bonds. The summed E-state index contributed by atoms with van der Waals surface area (Å²) >= 11 is 0. The number of carbonyl (C=O) groups is 2. The van der Waals surface area contributed by atoms with Gasteiger partial charge in [0, 0.05) is 12.8 Å². The Balaban J connectivity index is 4.31. The maximum Gasteiger partial charge on any atom is 0.472 e. The molecule has 2 unspecified atom stereocenters. The van der Waals surface area contributed by atoms with Gasteiger partial charge in [-0.25, -0.2) is 4.57 Å². The van der Waals surface area contributed by atoms with E-state index in [2.05, 4.69) is 160 Å². The fourth-order valence-electron chi connectivity index (χ4n) is 7.31. The SMILES string of the molecule is CC/C=C\C/C=C\C/C=C\C/C=C\C/C=C\C/C=C\C/C=C\C/C=C\C/C=C\C/C=C\CCCCC(=O)OC(COC(=O)CCCCCCCCCCC/C=C\C/C=C\CCCCC)COP(=O)(O)OCC[N+](C)(C)C. The highest BCUT2D eigenvalue weighted by Gasteiger charge is 2.27. The maximum atomic E-state index is 12.8. The second-order valence-corrected chi connectivity index (χ2v) is 21.7. The normalized spacial score (nSPS) is 14.3. The van der Waals surface area contributed by atoms with Crippen molar-refractivity contribution in [2.45, 2.75) is 213 Å². The van der Waals surface area contributed by atoms with Crippen molar-refractivity contribution >= 4 is 19.8 Å². The standard InChI is InChI=1S/C66H108NO8P/c1-6-8-10-12-14-16-18-20-22-24-26-27-28-29-30-31-32-33-34-35-36-37-38-39-41-43-45-47-49-51-53-55-57-59-66(69)75-64(63-74-76(70,71)73-61-60-67(3,4)5)62-72-65(68)58-56-54-52-50-48-46-44-42-40-25-23-21-19-17-15-13-11-9-7-2/h8,10,14-17,20-23,26-27,29-30,32-33,35-36,38-39,43,45,49,51,64H,6-7,9,11-13,18-19,24-25,28,31,34,37,40-42,44,46-48,50,52-63H2,1-5H3/p+1/b10-8-,16-14-,17-15-,22-20-,23-21-,27-26-,30-29-,33-32-,36-35-,39-38-,45-43-,51-49-. The molecule has 0 heterocycles. The van der Waals surface area contributed by atoms with Crippen molar-refractivity contribution in [1.29, 1.82) is 0 Å². The van der Waals surface area contributed by atoms with Crippen molar-refractivity contribution < 1.29 is 42.1 Å². The monoisotopic (exact) mass is 1070 g/mol. The van der Waals surface area contributed by atoms with Gasteiger partial charge in [0.05, 0.1) is 27.7 Å². The number of hydrogen-bond donors (Lipinski definition) is 1. The lowest BCUT2D eigenvalue weighted by molar-refractivity contribution is -0.870. The molecule has 0 aromatic carbocycles. The van der Waals surface area contributed by atoms with Crippen molar-refractivity contribution in [1.82, 2.24) is 0 Å². The minimum Gasteiger partial charge on any atom is -0.462 e. The molecule has 2 atom stereocenters. The van der Waals surface area contributed by atoms with Crippen LogP contribution in [-0.4, -0.2) is 74.9 Å². The predicted molar refractivity (Wildman–Crippen MR) is 325 cm³/mol. The number of likely N-dealkylation sites (N-methyl/N-ethyl adjacent to an activating group) is 1. The van der Waals surface area contributed by atoms with Crippen molar-refractivity contribution in [3.63, 3.8) is 0 Å². The molecule has 0 aliphatic carbocycles. The van der Waals surface area contributed by atoms with E-state index in [1.165, 1.54) is 57.8 Å². The number of ether oxygens (including phenoxy) is 2. The van der Waals surface area contributed by atoms with E-state index >= 15 is 0 Å². The Morgan fingerprint density at radius 2 is 0.750 bits per heavy atom. The molecule has 0 spiro atoms. The molecule has 0 aliphatic rings. The summed E-state index contributed by atoms with van der Waals surface area (Å²) < 4.78 is 34.5. The molecule has 9 nitrogen and oxygen atoms in total. The Kier molecular flexibility index (Phi) is 52.6. The van der Waals surface area contributed by atoms with Crippen LogP contribution in [0.2, 0.25) is 0 Å². The zero-order chi connectivity index (χ0) is 55.6. The molecule has 0 aliphatic heterocycles. The Labute approximate surface area is 465 Å². The minimum absolute atomic E-state index is 0.0140. The summed E-state index contributed by atoms with van der Waals surface area (Å²) in [6.45, 7) is 4.22. The van der Waals surface area contributed by atoms with Gasteiger partial charge in [-0.15, -0.1) is 0 Å². The van der Waals surface area contributed by atoms with E-state index in [1.54, 1.807) is 0 Å². The summed E-state index contributed by atoms with van der Waals surface area (Å²) in [4.78, 5) is 35.7. The van der Waals surface area contributed by atoms with Crippen molar-refractivity contribution in [2.24, 2.45) is 0 Å². The number of nitrogens with zero attached hydrogens (tertiary/aromatic N) is 1. The highest BCUT2D eigenvalue weighted by molar-refractivity contribution is 7.47. The number of rotatable bonds is 52. The quantitative estimate of drug-likeness (QED) is 0.0211. The molecule has 0 bridgehead atoms. The minimum atomic E-state index is -4.41. The van der Waals surface area contributed by atoms with Gasteiger partial charge in [0.15, 0.2) is 6.10 Å². The van der Waals surface area contributed by atoms with Crippen LogP contribution < -0.4 is 0 Å². The maximum absolute atomic E-state index is 12.8. The number of esters is 2. The summed E-state index contributed by atoms with van der Waals surface area (Å²) in [6, 6.07) is 0. The smallest absolute Gasteiger partial charge is 0.462 e. The van der Waals surface area contributed by atoms with Crippen LogP contribution in [-0.2, 0) is 32.7 Å². The lowest BCUT2D eigenvalue weighted by Crippen LogP contribution is -2.37. The van der Waals surface area contributed by atoms with Gasteiger partial charge in [0.2, 0.25) is 0 Å². The van der Waals surface area contributed by atoms with E-state index < -0.39 is 26.5 Å².